The van der Waals surface area contributed by atoms with Crippen molar-refractivity contribution in [1.29, 1.82) is 0 Å². The van der Waals surface area contributed by atoms with E-state index in [-0.39, 0.29) is 4.90 Å². The maximum absolute atomic E-state index is 12.6. The van der Waals surface area contributed by atoms with Crippen molar-refractivity contribution in [2.45, 2.75) is 30.4 Å². The summed E-state index contributed by atoms with van der Waals surface area (Å²) in [5, 5.41) is 11.0. The fraction of sp³-hybridized carbons (Fsp3) is 0.222. The Morgan fingerprint density at radius 1 is 0.971 bits per heavy atom. The highest BCUT2D eigenvalue weighted by Gasteiger charge is 2.31. The van der Waals surface area contributed by atoms with Crippen LogP contribution in [0.1, 0.15) is 21.5 Å². The van der Waals surface area contributed by atoms with Crippen LogP contribution in [0.25, 0.3) is 0 Å². The molecule has 7 heteroatoms. The molecule has 34 heavy (non-hydrogen) atoms. The van der Waals surface area contributed by atoms with Crippen molar-refractivity contribution in [1.82, 2.24) is 0 Å². The minimum atomic E-state index is -4.07. The molecule has 0 fully saturated rings. The van der Waals surface area contributed by atoms with Crippen molar-refractivity contribution in [3.8, 4) is 0 Å². The number of ether oxygens (including phenoxy) is 1. The van der Waals surface area contributed by atoms with Gasteiger partial charge in [-0.05, 0) is 43.2 Å². The lowest BCUT2D eigenvalue weighted by Gasteiger charge is -2.29. The second-order valence-electron chi connectivity index (χ2n) is 7.94. The number of hydrogen-bond acceptors (Lipinski definition) is 6. The van der Waals surface area contributed by atoms with Gasteiger partial charge in [0, 0.05) is 5.92 Å². The first-order valence-corrected chi connectivity index (χ1v) is 12.3. The number of aryl methyl sites for hydroxylation is 1. The molecular weight excluding hydrogens is 452 g/mol. The van der Waals surface area contributed by atoms with Crippen molar-refractivity contribution >= 4 is 16.1 Å². The minimum absolute atomic E-state index is 0.000635. The summed E-state index contributed by atoms with van der Waals surface area (Å²) in [7, 11) is -4.07. The SMILES string of the molecule is C=C[C@@H](OC(=O)c1ccccc1)[C@H](Cc1ccccc1)C(O)COS(=O)(=O)c1ccc(C)cc1. The van der Waals surface area contributed by atoms with Crippen LogP contribution in [-0.4, -0.2) is 38.3 Å². The molecular formula is C27H28O6S. The number of rotatable bonds is 11. The van der Waals surface area contributed by atoms with E-state index < -0.39 is 40.8 Å². The summed E-state index contributed by atoms with van der Waals surface area (Å²) in [5.41, 5.74) is 2.16. The maximum Gasteiger partial charge on any atom is 0.338 e. The van der Waals surface area contributed by atoms with E-state index >= 15 is 0 Å². The molecule has 3 atom stereocenters. The topological polar surface area (TPSA) is 89.9 Å². The number of benzene rings is 3. The molecule has 6 nitrogen and oxygen atoms in total. The van der Waals surface area contributed by atoms with Crippen molar-refractivity contribution in [3.63, 3.8) is 0 Å². The van der Waals surface area contributed by atoms with Crippen molar-refractivity contribution in [2.24, 2.45) is 5.92 Å². The lowest BCUT2D eigenvalue weighted by molar-refractivity contribution is -0.0144. The zero-order valence-electron chi connectivity index (χ0n) is 18.9. The van der Waals surface area contributed by atoms with Crippen LogP contribution in [0.5, 0.6) is 0 Å². The van der Waals surface area contributed by atoms with E-state index in [1.807, 2.05) is 37.3 Å². The van der Waals surface area contributed by atoms with Crippen LogP contribution in [0.2, 0.25) is 0 Å². The van der Waals surface area contributed by atoms with E-state index in [4.69, 9.17) is 8.92 Å². The van der Waals surface area contributed by atoms with Crippen molar-refractivity contribution < 1.29 is 27.2 Å². The third kappa shape index (κ3) is 6.87. The Hall–Kier alpha value is -3.26. The lowest BCUT2D eigenvalue weighted by atomic mass is 9.89. The summed E-state index contributed by atoms with van der Waals surface area (Å²) < 4.78 is 36.0. The third-order valence-electron chi connectivity index (χ3n) is 5.42. The van der Waals surface area contributed by atoms with Crippen LogP contribution in [0, 0.1) is 12.8 Å². The molecule has 0 saturated carbocycles. The number of aliphatic hydroxyl groups is 1. The Morgan fingerprint density at radius 3 is 2.15 bits per heavy atom. The molecule has 3 aromatic carbocycles. The van der Waals surface area contributed by atoms with Crippen LogP contribution in [-0.2, 0) is 25.5 Å². The quantitative estimate of drug-likeness (QED) is 0.250. The summed E-state index contributed by atoms with van der Waals surface area (Å²) in [6, 6.07) is 24.1. The average molecular weight is 481 g/mol. The monoisotopic (exact) mass is 480 g/mol. The van der Waals surface area contributed by atoms with E-state index in [9.17, 15) is 18.3 Å². The molecule has 0 bridgehead atoms. The first-order chi connectivity index (χ1) is 16.3. The van der Waals surface area contributed by atoms with E-state index in [1.165, 1.54) is 18.2 Å². The van der Waals surface area contributed by atoms with Crippen molar-refractivity contribution in [2.75, 3.05) is 6.61 Å². The molecule has 0 aromatic heterocycles. The Labute approximate surface area is 200 Å². The zero-order valence-corrected chi connectivity index (χ0v) is 19.7. The van der Waals surface area contributed by atoms with Crippen LogP contribution < -0.4 is 0 Å². The van der Waals surface area contributed by atoms with Crippen LogP contribution in [0.4, 0.5) is 0 Å². The molecule has 0 aliphatic rings. The normalized spacial score (nSPS) is 14.1. The highest BCUT2D eigenvalue weighted by atomic mass is 32.2. The van der Waals surface area contributed by atoms with Gasteiger partial charge in [0.05, 0.1) is 23.2 Å². The first kappa shape index (κ1) is 25.4. The highest BCUT2D eigenvalue weighted by Crippen LogP contribution is 2.23. The molecule has 0 radical (unpaired) electrons. The molecule has 3 aromatic rings. The predicted octanol–water partition coefficient (Wildman–Crippen LogP) is 4.33. The summed E-state index contributed by atoms with van der Waals surface area (Å²) in [6.07, 6.45) is -0.388. The van der Waals surface area contributed by atoms with Gasteiger partial charge in [0.1, 0.15) is 6.10 Å². The van der Waals surface area contributed by atoms with Crippen molar-refractivity contribution in [3.05, 3.63) is 114 Å². The number of esters is 1. The van der Waals surface area contributed by atoms with Crippen LogP contribution in [0.3, 0.4) is 0 Å². The van der Waals surface area contributed by atoms with E-state index in [2.05, 4.69) is 6.58 Å². The summed E-state index contributed by atoms with van der Waals surface area (Å²) in [6.45, 7) is 5.12. The van der Waals surface area contributed by atoms with E-state index in [0.29, 0.717) is 12.0 Å². The van der Waals surface area contributed by atoms with Gasteiger partial charge in [-0.25, -0.2) is 4.79 Å². The van der Waals surface area contributed by atoms with E-state index in [0.717, 1.165) is 11.1 Å². The Morgan fingerprint density at radius 2 is 1.56 bits per heavy atom. The molecule has 0 heterocycles. The Bertz CT molecular complexity index is 1170. The fourth-order valence-corrected chi connectivity index (χ4v) is 4.41. The molecule has 1 N–H and O–H groups in total. The molecule has 0 spiro atoms. The largest absolute Gasteiger partial charge is 0.454 e. The number of carbonyl (C=O) groups excluding carboxylic acids is 1. The smallest absolute Gasteiger partial charge is 0.338 e. The summed E-state index contributed by atoms with van der Waals surface area (Å²) in [5.74, 6) is -1.26. The first-order valence-electron chi connectivity index (χ1n) is 10.9. The minimum Gasteiger partial charge on any atom is -0.454 e. The molecule has 1 unspecified atom stereocenters. The average Bonchev–Trinajstić information content (AvgIpc) is 2.86. The third-order valence-corrected chi connectivity index (χ3v) is 6.71. The van der Waals surface area contributed by atoms with Crippen LogP contribution >= 0.6 is 0 Å². The van der Waals surface area contributed by atoms with Gasteiger partial charge in [0.25, 0.3) is 10.1 Å². The standard InChI is InChI=1S/C27H28O6S/c1-3-26(33-27(29)22-12-8-5-9-13-22)24(18-21-10-6-4-7-11-21)25(28)19-32-34(30,31)23-16-14-20(2)15-17-23/h3-17,24-26,28H,1,18-19H2,2H3/t24-,25?,26-/m1/s1. The molecule has 3 rings (SSSR count). The van der Waals surface area contributed by atoms with Gasteiger partial charge < -0.3 is 9.84 Å². The van der Waals surface area contributed by atoms with Gasteiger partial charge in [-0.15, -0.1) is 0 Å². The van der Waals surface area contributed by atoms with Gasteiger partial charge in [-0.1, -0.05) is 78.9 Å². The Balaban J connectivity index is 1.78. The zero-order chi connectivity index (χ0) is 24.6. The van der Waals surface area contributed by atoms with Gasteiger partial charge >= 0.3 is 5.97 Å². The lowest BCUT2D eigenvalue weighted by Crippen LogP contribution is -2.38. The van der Waals surface area contributed by atoms with E-state index in [1.54, 1.807) is 42.5 Å². The second-order valence-corrected chi connectivity index (χ2v) is 9.56. The molecule has 0 amide bonds. The number of carbonyl (C=O) groups is 1. The van der Waals surface area contributed by atoms with Gasteiger partial charge in [-0.2, -0.15) is 8.42 Å². The Kier molecular flexibility index (Phi) is 8.76. The van der Waals surface area contributed by atoms with Gasteiger partial charge in [0.2, 0.25) is 0 Å². The molecule has 0 saturated heterocycles. The number of hydrogen-bond donors (Lipinski definition) is 1. The van der Waals surface area contributed by atoms with Gasteiger partial charge in [-0.3, -0.25) is 4.18 Å². The predicted molar refractivity (Wildman–Crippen MR) is 130 cm³/mol. The van der Waals surface area contributed by atoms with Gasteiger partial charge in [0.15, 0.2) is 0 Å². The number of aliphatic hydroxyl groups excluding tert-OH is 1. The second kappa shape index (κ2) is 11.7. The molecule has 0 aliphatic carbocycles. The van der Waals surface area contributed by atoms with Crippen LogP contribution in [0.15, 0.2) is 102 Å². The molecule has 0 aliphatic heterocycles. The highest BCUT2D eigenvalue weighted by molar-refractivity contribution is 7.86. The maximum atomic E-state index is 12.6. The fourth-order valence-electron chi connectivity index (χ4n) is 3.49. The summed E-state index contributed by atoms with van der Waals surface area (Å²) >= 11 is 0. The molecule has 178 valence electrons. The summed E-state index contributed by atoms with van der Waals surface area (Å²) in [4.78, 5) is 12.6.